The van der Waals surface area contributed by atoms with Crippen molar-refractivity contribution in [3.63, 3.8) is 0 Å². The van der Waals surface area contributed by atoms with E-state index < -0.39 is 0 Å². The lowest BCUT2D eigenvalue weighted by Crippen LogP contribution is -2.14. The van der Waals surface area contributed by atoms with Crippen LogP contribution in [0.25, 0.3) is 0 Å². The maximum Gasteiger partial charge on any atom is 0.123 e. The fourth-order valence-corrected chi connectivity index (χ4v) is 2.42. The van der Waals surface area contributed by atoms with E-state index in [0.29, 0.717) is 11.4 Å². The molecule has 0 spiro atoms. The van der Waals surface area contributed by atoms with Crippen LogP contribution in [0.3, 0.4) is 0 Å². The van der Waals surface area contributed by atoms with Gasteiger partial charge in [0.2, 0.25) is 0 Å². The molecular weight excluding hydrogens is 317 g/mol. The minimum absolute atomic E-state index is 0.208. The fraction of sp³-hybridized carbons (Fsp3) is 0.143. The Morgan fingerprint density at radius 2 is 1.83 bits per heavy atom. The Labute approximate surface area is 119 Å². The van der Waals surface area contributed by atoms with Crippen molar-refractivity contribution in [1.29, 1.82) is 0 Å². The van der Waals surface area contributed by atoms with E-state index >= 15 is 0 Å². The molecule has 0 saturated carbocycles. The van der Waals surface area contributed by atoms with E-state index in [9.17, 15) is 4.39 Å². The van der Waals surface area contributed by atoms with Crippen LogP contribution in [0.5, 0.6) is 0 Å². The summed E-state index contributed by atoms with van der Waals surface area (Å²) in [7, 11) is 0. The summed E-state index contributed by atoms with van der Waals surface area (Å²) in [4.78, 5) is 0. The highest BCUT2D eigenvalue weighted by Crippen LogP contribution is 2.27. The molecule has 4 heteroatoms. The molecule has 94 valence electrons. The van der Waals surface area contributed by atoms with Crippen LogP contribution in [0.4, 0.5) is 4.39 Å². The number of nitrogens with two attached hydrogens (primary N) is 1. The first kappa shape index (κ1) is 13.5. The van der Waals surface area contributed by atoms with Crippen LogP contribution in [0, 0.1) is 5.82 Å². The van der Waals surface area contributed by atoms with E-state index in [1.165, 1.54) is 12.1 Å². The molecule has 0 bridgehead atoms. The predicted molar refractivity (Wildman–Crippen MR) is 76.2 cm³/mol. The predicted octanol–water partition coefficient (Wildman–Crippen LogP) is 4.48. The molecule has 2 N–H and O–H groups in total. The van der Waals surface area contributed by atoms with Gasteiger partial charge >= 0.3 is 0 Å². The van der Waals surface area contributed by atoms with Crippen LogP contribution in [0.15, 0.2) is 46.9 Å². The zero-order chi connectivity index (χ0) is 13.1. The minimum atomic E-state index is -0.243. The molecule has 18 heavy (non-hydrogen) atoms. The second kappa shape index (κ2) is 5.83. The van der Waals surface area contributed by atoms with Crippen LogP contribution < -0.4 is 5.73 Å². The maximum absolute atomic E-state index is 12.8. The summed E-state index contributed by atoms with van der Waals surface area (Å²) in [5.74, 6) is -0.243. The van der Waals surface area contributed by atoms with Gasteiger partial charge in [0, 0.05) is 15.5 Å². The highest BCUT2D eigenvalue weighted by Gasteiger charge is 2.11. The average Bonchev–Trinajstić information content (AvgIpc) is 2.35. The molecule has 2 aromatic rings. The second-order valence-electron chi connectivity index (χ2n) is 4.10. The zero-order valence-electron chi connectivity index (χ0n) is 9.54. The Hall–Kier alpha value is -0.900. The van der Waals surface area contributed by atoms with E-state index in [1.807, 2.05) is 18.2 Å². The van der Waals surface area contributed by atoms with Gasteiger partial charge in [0.1, 0.15) is 5.82 Å². The molecule has 0 aromatic heterocycles. The molecule has 0 heterocycles. The third kappa shape index (κ3) is 3.31. The lowest BCUT2D eigenvalue weighted by Gasteiger charge is -2.14. The summed E-state index contributed by atoms with van der Waals surface area (Å²) in [5.41, 5.74) is 8.01. The second-order valence-corrected chi connectivity index (χ2v) is 5.43. The van der Waals surface area contributed by atoms with Crippen molar-refractivity contribution in [2.24, 2.45) is 5.73 Å². The summed E-state index contributed by atoms with van der Waals surface area (Å²) >= 11 is 9.52. The van der Waals surface area contributed by atoms with E-state index in [4.69, 9.17) is 17.3 Å². The first-order chi connectivity index (χ1) is 8.56. The topological polar surface area (TPSA) is 26.0 Å². The van der Waals surface area contributed by atoms with Crippen LogP contribution in [-0.2, 0) is 6.42 Å². The molecule has 1 nitrogen and oxygen atoms in total. The maximum atomic E-state index is 12.8. The lowest BCUT2D eigenvalue weighted by molar-refractivity contribution is 0.625. The van der Waals surface area contributed by atoms with Gasteiger partial charge < -0.3 is 5.73 Å². The van der Waals surface area contributed by atoms with Gasteiger partial charge in [-0.05, 0) is 47.9 Å². The van der Waals surface area contributed by atoms with Crippen molar-refractivity contribution in [3.05, 3.63) is 68.9 Å². The summed E-state index contributed by atoms with van der Waals surface area (Å²) in [6, 6.07) is 11.7. The van der Waals surface area contributed by atoms with Crippen LogP contribution in [0.2, 0.25) is 5.02 Å². The number of benzene rings is 2. The molecule has 1 unspecified atom stereocenters. The molecule has 0 fully saturated rings. The van der Waals surface area contributed by atoms with Crippen molar-refractivity contribution in [3.8, 4) is 0 Å². The average molecular weight is 329 g/mol. The number of halogens is 3. The lowest BCUT2D eigenvalue weighted by atomic mass is 10.00. The largest absolute Gasteiger partial charge is 0.324 e. The molecule has 0 aliphatic carbocycles. The van der Waals surface area contributed by atoms with Gasteiger partial charge in [0.05, 0.1) is 0 Å². The van der Waals surface area contributed by atoms with E-state index in [1.54, 1.807) is 12.1 Å². The number of hydrogen-bond donors (Lipinski definition) is 1. The Balaban J connectivity index is 2.18. The highest BCUT2D eigenvalue weighted by molar-refractivity contribution is 9.10. The van der Waals surface area contributed by atoms with E-state index in [2.05, 4.69) is 15.9 Å². The van der Waals surface area contributed by atoms with Crippen molar-refractivity contribution in [2.45, 2.75) is 12.5 Å². The van der Waals surface area contributed by atoms with Gasteiger partial charge in [-0.2, -0.15) is 0 Å². The van der Waals surface area contributed by atoms with Crippen molar-refractivity contribution in [2.75, 3.05) is 0 Å². The third-order valence-electron chi connectivity index (χ3n) is 2.73. The van der Waals surface area contributed by atoms with E-state index in [-0.39, 0.29) is 11.9 Å². The molecular formula is C14H12BrClFN. The SMILES string of the molecule is NC(Cc1ccc(F)cc1)c1cc(Br)ccc1Cl. The van der Waals surface area contributed by atoms with Crippen molar-refractivity contribution in [1.82, 2.24) is 0 Å². The zero-order valence-corrected chi connectivity index (χ0v) is 11.9. The van der Waals surface area contributed by atoms with Crippen molar-refractivity contribution < 1.29 is 4.39 Å². The normalized spacial score (nSPS) is 12.4. The first-order valence-corrected chi connectivity index (χ1v) is 6.68. The van der Waals surface area contributed by atoms with Crippen LogP contribution in [-0.4, -0.2) is 0 Å². The number of rotatable bonds is 3. The van der Waals surface area contributed by atoms with Gasteiger partial charge in [0.25, 0.3) is 0 Å². The minimum Gasteiger partial charge on any atom is -0.324 e. The summed E-state index contributed by atoms with van der Waals surface area (Å²) in [6.45, 7) is 0. The fourth-order valence-electron chi connectivity index (χ4n) is 1.78. The Bertz CT molecular complexity index is 542. The van der Waals surface area contributed by atoms with Gasteiger partial charge in [-0.25, -0.2) is 4.39 Å². The standard InChI is InChI=1S/C14H12BrClFN/c15-10-3-6-13(16)12(8-10)14(18)7-9-1-4-11(17)5-2-9/h1-6,8,14H,7,18H2. The summed E-state index contributed by atoms with van der Waals surface area (Å²) in [6.07, 6.45) is 0.621. The molecule has 2 aromatic carbocycles. The molecule has 1 atom stereocenters. The third-order valence-corrected chi connectivity index (χ3v) is 3.56. The van der Waals surface area contributed by atoms with Gasteiger partial charge in [0.15, 0.2) is 0 Å². The summed E-state index contributed by atoms with van der Waals surface area (Å²) in [5, 5.41) is 0.646. The van der Waals surface area contributed by atoms with Crippen molar-refractivity contribution >= 4 is 27.5 Å². The highest BCUT2D eigenvalue weighted by atomic mass is 79.9. The molecule has 0 radical (unpaired) electrons. The monoisotopic (exact) mass is 327 g/mol. The van der Waals surface area contributed by atoms with Gasteiger partial charge in [-0.3, -0.25) is 0 Å². The van der Waals surface area contributed by atoms with Crippen LogP contribution in [0.1, 0.15) is 17.2 Å². The first-order valence-electron chi connectivity index (χ1n) is 5.51. The molecule has 0 aliphatic rings. The molecule has 0 saturated heterocycles. The molecule has 0 amide bonds. The Kier molecular flexibility index (Phi) is 4.38. The van der Waals surface area contributed by atoms with Gasteiger partial charge in [-0.1, -0.05) is 39.7 Å². The Morgan fingerprint density at radius 1 is 1.17 bits per heavy atom. The summed E-state index contributed by atoms with van der Waals surface area (Å²) < 4.78 is 13.7. The quantitative estimate of drug-likeness (QED) is 0.883. The van der Waals surface area contributed by atoms with Crippen LogP contribution >= 0.6 is 27.5 Å². The van der Waals surface area contributed by atoms with Gasteiger partial charge in [-0.15, -0.1) is 0 Å². The molecule has 0 aliphatic heterocycles. The Morgan fingerprint density at radius 3 is 2.50 bits per heavy atom. The number of hydrogen-bond acceptors (Lipinski definition) is 1. The van der Waals surface area contributed by atoms with E-state index in [0.717, 1.165) is 15.6 Å². The smallest absolute Gasteiger partial charge is 0.123 e. The molecule has 2 rings (SSSR count).